The Labute approximate surface area is 91.3 Å². The van der Waals surface area contributed by atoms with Gasteiger partial charge in [-0.15, -0.1) is 0 Å². The predicted octanol–water partition coefficient (Wildman–Crippen LogP) is 3.41. The first kappa shape index (κ1) is 11.8. The number of para-hydroxylation sites is 1. The number of aldehydes is 1. The molecule has 2 nitrogen and oxygen atoms in total. The maximum atomic E-state index is 10.9. The monoisotopic (exact) mass is 206 g/mol. The van der Waals surface area contributed by atoms with Crippen molar-refractivity contribution in [1.29, 1.82) is 0 Å². The van der Waals surface area contributed by atoms with E-state index in [1.807, 2.05) is 19.1 Å². The molecule has 1 aromatic carbocycles. The largest absolute Gasteiger partial charge is 0.493 e. The van der Waals surface area contributed by atoms with E-state index < -0.39 is 0 Å². The number of hydrogen-bond acceptors (Lipinski definition) is 2. The molecule has 0 spiro atoms. The summed E-state index contributed by atoms with van der Waals surface area (Å²) in [5.74, 6) is 1.18. The highest BCUT2D eigenvalue weighted by Gasteiger charge is 2.13. The zero-order valence-corrected chi connectivity index (χ0v) is 9.62. The summed E-state index contributed by atoms with van der Waals surface area (Å²) in [6.45, 7) is 6.80. The van der Waals surface area contributed by atoms with E-state index in [1.165, 1.54) is 0 Å². The van der Waals surface area contributed by atoms with Crippen LogP contribution in [0, 0.1) is 0 Å². The van der Waals surface area contributed by atoms with Gasteiger partial charge >= 0.3 is 0 Å². The molecule has 2 heteroatoms. The molecule has 0 saturated carbocycles. The van der Waals surface area contributed by atoms with E-state index in [0.29, 0.717) is 18.1 Å². The van der Waals surface area contributed by atoms with Gasteiger partial charge in [0.15, 0.2) is 6.29 Å². The van der Waals surface area contributed by atoms with Crippen LogP contribution in [0.3, 0.4) is 0 Å². The Morgan fingerprint density at radius 1 is 1.40 bits per heavy atom. The predicted molar refractivity (Wildman–Crippen MR) is 61.7 cm³/mol. The molecule has 0 bridgehead atoms. The normalized spacial score (nSPS) is 12.2. The van der Waals surface area contributed by atoms with Crippen LogP contribution in [0.5, 0.6) is 5.75 Å². The van der Waals surface area contributed by atoms with Crippen molar-refractivity contribution < 1.29 is 9.53 Å². The van der Waals surface area contributed by atoms with Crippen LogP contribution >= 0.6 is 0 Å². The molecule has 0 aliphatic carbocycles. The zero-order valence-electron chi connectivity index (χ0n) is 9.62. The van der Waals surface area contributed by atoms with Crippen LogP contribution in [0.2, 0.25) is 0 Å². The second-order valence-electron chi connectivity index (χ2n) is 3.63. The number of carbonyl (C=O) groups excluding carboxylic acids is 1. The Bertz CT molecular complexity index is 331. The zero-order chi connectivity index (χ0) is 11.3. The van der Waals surface area contributed by atoms with Crippen molar-refractivity contribution >= 4 is 6.29 Å². The molecule has 0 fully saturated rings. The average molecular weight is 206 g/mol. The standard InChI is InChI=1S/C13H18O2/c1-4-10(3)12-8-6-7-11(9-14)13(12)15-5-2/h6-10H,4-5H2,1-3H3. The third-order valence-electron chi connectivity index (χ3n) is 2.63. The Kier molecular flexibility index (Phi) is 4.35. The fourth-order valence-corrected chi connectivity index (χ4v) is 1.59. The van der Waals surface area contributed by atoms with Crippen molar-refractivity contribution in [1.82, 2.24) is 0 Å². The third-order valence-corrected chi connectivity index (χ3v) is 2.63. The van der Waals surface area contributed by atoms with E-state index in [1.54, 1.807) is 6.07 Å². The van der Waals surface area contributed by atoms with Gasteiger partial charge in [0.05, 0.1) is 12.2 Å². The lowest BCUT2D eigenvalue weighted by Crippen LogP contribution is -2.02. The first-order valence-electron chi connectivity index (χ1n) is 5.45. The third kappa shape index (κ3) is 2.58. The minimum absolute atomic E-state index is 0.423. The molecule has 1 unspecified atom stereocenters. The number of carbonyl (C=O) groups is 1. The molecule has 82 valence electrons. The van der Waals surface area contributed by atoms with Gasteiger partial charge in [-0.3, -0.25) is 4.79 Å². The fraction of sp³-hybridized carbons (Fsp3) is 0.462. The highest BCUT2D eigenvalue weighted by atomic mass is 16.5. The second kappa shape index (κ2) is 5.54. The van der Waals surface area contributed by atoms with E-state index in [9.17, 15) is 4.79 Å². The second-order valence-corrected chi connectivity index (χ2v) is 3.63. The summed E-state index contributed by atoms with van der Waals surface area (Å²) in [4.78, 5) is 10.9. The van der Waals surface area contributed by atoms with Crippen molar-refractivity contribution in [3.05, 3.63) is 29.3 Å². The lowest BCUT2D eigenvalue weighted by atomic mass is 9.95. The van der Waals surface area contributed by atoms with E-state index in [4.69, 9.17) is 4.74 Å². The lowest BCUT2D eigenvalue weighted by Gasteiger charge is -2.16. The molecular formula is C13H18O2. The highest BCUT2D eigenvalue weighted by molar-refractivity contribution is 5.80. The summed E-state index contributed by atoms with van der Waals surface area (Å²) in [6, 6.07) is 5.74. The molecule has 0 heterocycles. The van der Waals surface area contributed by atoms with Gasteiger partial charge in [-0.1, -0.05) is 26.0 Å². The maximum Gasteiger partial charge on any atom is 0.153 e. The summed E-state index contributed by atoms with van der Waals surface area (Å²) in [5.41, 5.74) is 1.78. The smallest absolute Gasteiger partial charge is 0.153 e. The van der Waals surface area contributed by atoms with Gasteiger partial charge in [0.2, 0.25) is 0 Å². The summed E-state index contributed by atoms with van der Waals surface area (Å²) < 4.78 is 5.55. The molecular weight excluding hydrogens is 188 g/mol. The SMILES string of the molecule is CCOc1c(C=O)cccc1C(C)CC. The van der Waals surface area contributed by atoms with Crippen LogP contribution in [-0.2, 0) is 0 Å². The fourth-order valence-electron chi connectivity index (χ4n) is 1.59. The van der Waals surface area contributed by atoms with E-state index in [0.717, 1.165) is 24.0 Å². The van der Waals surface area contributed by atoms with Crippen LogP contribution in [-0.4, -0.2) is 12.9 Å². The van der Waals surface area contributed by atoms with Gasteiger partial charge in [0.1, 0.15) is 5.75 Å². The Balaban J connectivity index is 3.18. The van der Waals surface area contributed by atoms with Gasteiger partial charge in [0.25, 0.3) is 0 Å². The van der Waals surface area contributed by atoms with Gasteiger partial charge < -0.3 is 4.74 Å². The highest BCUT2D eigenvalue weighted by Crippen LogP contribution is 2.31. The average Bonchev–Trinajstić information content (AvgIpc) is 2.28. The first-order chi connectivity index (χ1) is 7.24. The van der Waals surface area contributed by atoms with Gasteiger partial charge in [-0.2, -0.15) is 0 Å². The lowest BCUT2D eigenvalue weighted by molar-refractivity contribution is 0.111. The summed E-state index contributed by atoms with van der Waals surface area (Å²) in [6.07, 6.45) is 1.90. The van der Waals surface area contributed by atoms with Crippen molar-refractivity contribution in [3.8, 4) is 5.75 Å². The van der Waals surface area contributed by atoms with Crippen LogP contribution in [0.1, 0.15) is 49.0 Å². The number of benzene rings is 1. The Morgan fingerprint density at radius 3 is 2.67 bits per heavy atom. The Morgan fingerprint density at radius 2 is 2.13 bits per heavy atom. The quantitative estimate of drug-likeness (QED) is 0.690. The van der Waals surface area contributed by atoms with Gasteiger partial charge in [-0.25, -0.2) is 0 Å². The van der Waals surface area contributed by atoms with Crippen molar-refractivity contribution in [2.24, 2.45) is 0 Å². The Hall–Kier alpha value is -1.31. The molecule has 0 aliphatic heterocycles. The van der Waals surface area contributed by atoms with Crippen LogP contribution < -0.4 is 4.74 Å². The summed E-state index contributed by atoms with van der Waals surface area (Å²) in [7, 11) is 0. The summed E-state index contributed by atoms with van der Waals surface area (Å²) in [5, 5.41) is 0. The van der Waals surface area contributed by atoms with Crippen LogP contribution in [0.4, 0.5) is 0 Å². The van der Waals surface area contributed by atoms with Crippen molar-refractivity contribution in [2.75, 3.05) is 6.61 Å². The molecule has 0 saturated heterocycles. The molecule has 15 heavy (non-hydrogen) atoms. The minimum atomic E-state index is 0.423. The van der Waals surface area contributed by atoms with Crippen LogP contribution in [0.15, 0.2) is 18.2 Å². The molecule has 1 atom stereocenters. The first-order valence-corrected chi connectivity index (χ1v) is 5.45. The van der Waals surface area contributed by atoms with Gasteiger partial charge in [-0.05, 0) is 30.9 Å². The molecule has 0 radical (unpaired) electrons. The number of rotatable bonds is 5. The summed E-state index contributed by atoms with van der Waals surface area (Å²) >= 11 is 0. The van der Waals surface area contributed by atoms with E-state index in [-0.39, 0.29) is 0 Å². The van der Waals surface area contributed by atoms with Crippen LogP contribution in [0.25, 0.3) is 0 Å². The topological polar surface area (TPSA) is 26.3 Å². The number of hydrogen-bond donors (Lipinski definition) is 0. The van der Waals surface area contributed by atoms with Gasteiger partial charge in [0, 0.05) is 0 Å². The number of ether oxygens (including phenoxy) is 1. The van der Waals surface area contributed by atoms with Crippen molar-refractivity contribution in [3.63, 3.8) is 0 Å². The van der Waals surface area contributed by atoms with E-state index >= 15 is 0 Å². The molecule has 1 rings (SSSR count). The molecule has 0 aromatic heterocycles. The minimum Gasteiger partial charge on any atom is -0.493 e. The molecule has 0 aliphatic rings. The molecule has 0 N–H and O–H groups in total. The molecule has 1 aromatic rings. The van der Waals surface area contributed by atoms with E-state index in [2.05, 4.69) is 13.8 Å². The molecule has 0 amide bonds. The van der Waals surface area contributed by atoms with Crippen molar-refractivity contribution in [2.45, 2.75) is 33.1 Å². The maximum absolute atomic E-state index is 10.9.